The predicted molar refractivity (Wildman–Crippen MR) is 122 cm³/mol. The van der Waals surface area contributed by atoms with Crippen molar-refractivity contribution < 1.29 is 14.3 Å². The number of nitrogens with one attached hydrogen (secondary N) is 1. The molecule has 1 aliphatic rings. The number of aromatic nitrogens is 1. The van der Waals surface area contributed by atoms with Crippen LogP contribution in [0.15, 0.2) is 54.7 Å². The molecule has 6 nitrogen and oxygen atoms in total. The largest absolute Gasteiger partial charge is 0.493 e. The van der Waals surface area contributed by atoms with E-state index < -0.39 is 0 Å². The number of fused-ring (bicyclic) bond motifs is 1. The van der Waals surface area contributed by atoms with E-state index in [1.165, 1.54) is 10.9 Å². The second kappa shape index (κ2) is 9.79. The van der Waals surface area contributed by atoms with E-state index in [1.807, 2.05) is 12.3 Å². The van der Waals surface area contributed by atoms with Crippen LogP contribution in [-0.2, 0) is 6.54 Å². The number of piperidine rings is 1. The van der Waals surface area contributed by atoms with Gasteiger partial charge in [0.05, 0.1) is 25.3 Å². The molecule has 162 valence electrons. The summed E-state index contributed by atoms with van der Waals surface area (Å²) in [5.74, 6) is 1.31. The summed E-state index contributed by atoms with van der Waals surface area (Å²) in [6.45, 7) is 3.54. The topological polar surface area (TPSA) is 63.7 Å². The van der Waals surface area contributed by atoms with E-state index in [-0.39, 0.29) is 5.91 Å². The number of carbonyl (C=O) groups is 1. The standard InChI is InChI=1S/C25H29N3O3/c1-30-22-12-4-11-21(24(22)31-2)25(29)27-15-18-7-6-14-28(16-18)17-20-9-3-8-19-10-5-13-26-23(19)20/h3-5,8-13,18H,6-7,14-17H2,1-2H3,(H,27,29)/t18-/m0/s1. The van der Waals surface area contributed by atoms with Gasteiger partial charge in [0.2, 0.25) is 0 Å². The number of benzene rings is 2. The number of amides is 1. The normalized spacial score (nSPS) is 16.8. The van der Waals surface area contributed by atoms with E-state index in [9.17, 15) is 4.79 Å². The van der Waals surface area contributed by atoms with Gasteiger partial charge in [-0.1, -0.05) is 30.3 Å². The Balaban J connectivity index is 1.38. The van der Waals surface area contributed by atoms with Gasteiger partial charge in [-0.25, -0.2) is 0 Å². The lowest BCUT2D eigenvalue weighted by Gasteiger charge is -2.33. The van der Waals surface area contributed by atoms with Crippen molar-refractivity contribution in [1.29, 1.82) is 0 Å². The van der Waals surface area contributed by atoms with E-state index in [0.717, 1.165) is 38.0 Å². The predicted octanol–water partition coefficient (Wildman–Crippen LogP) is 3.89. The second-order valence-corrected chi connectivity index (χ2v) is 7.99. The van der Waals surface area contributed by atoms with Crippen LogP contribution >= 0.6 is 0 Å². The van der Waals surface area contributed by atoms with Crippen LogP contribution in [0.1, 0.15) is 28.8 Å². The molecule has 0 unspecified atom stereocenters. The third kappa shape index (κ3) is 4.80. The molecule has 0 bridgehead atoms. The van der Waals surface area contributed by atoms with E-state index in [0.29, 0.717) is 29.5 Å². The fourth-order valence-corrected chi connectivity index (χ4v) is 4.40. The van der Waals surface area contributed by atoms with Crippen molar-refractivity contribution in [2.45, 2.75) is 19.4 Å². The summed E-state index contributed by atoms with van der Waals surface area (Å²) in [6, 6.07) is 15.8. The first-order valence-electron chi connectivity index (χ1n) is 10.7. The first-order valence-corrected chi connectivity index (χ1v) is 10.7. The van der Waals surface area contributed by atoms with Crippen LogP contribution in [0.4, 0.5) is 0 Å². The molecule has 0 radical (unpaired) electrons. The van der Waals surface area contributed by atoms with Gasteiger partial charge >= 0.3 is 0 Å². The summed E-state index contributed by atoms with van der Waals surface area (Å²) in [7, 11) is 3.12. The zero-order valence-corrected chi connectivity index (χ0v) is 18.1. The lowest BCUT2D eigenvalue weighted by atomic mass is 9.97. The highest BCUT2D eigenvalue weighted by Gasteiger charge is 2.22. The zero-order chi connectivity index (χ0) is 21.6. The first-order chi connectivity index (χ1) is 15.2. The van der Waals surface area contributed by atoms with Crippen LogP contribution < -0.4 is 14.8 Å². The number of methoxy groups -OCH3 is 2. The van der Waals surface area contributed by atoms with Crippen molar-refractivity contribution in [2.24, 2.45) is 5.92 Å². The average Bonchev–Trinajstić information content (AvgIpc) is 2.82. The lowest BCUT2D eigenvalue weighted by molar-refractivity contribution is 0.0927. The Morgan fingerprint density at radius 1 is 1.13 bits per heavy atom. The number of nitrogens with zero attached hydrogens (tertiary/aromatic N) is 2. The zero-order valence-electron chi connectivity index (χ0n) is 18.1. The number of hydrogen-bond donors (Lipinski definition) is 1. The number of rotatable bonds is 7. The highest BCUT2D eigenvalue weighted by atomic mass is 16.5. The van der Waals surface area contributed by atoms with Crippen molar-refractivity contribution in [3.05, 3.63) is 65.9 Å². The summed E-state index contributed by atoms with van der Waals surface area (Å²) in [6.07, 6.45) is 4.09. The molecule has 1 N–H and O–H groups in total. The van der Waals surface area contributed by atoms with Crippen molar-refractivity contribution in [1.82, 2.24) is 15.2 Å². The van der Waals surface area contributed by atoms with Gasteiger partial charge in [-0.05, 0) is 49.1 Å². The number of pyridine rings is 1. The SMILES string of the molecule is COc1cccc(C(=O)NC[C@@H]2CCCN(Cc3cccc4cccnc34)C2)c1OC. The van der Waals surface area contributed by atoms with Crippen LogP contribution in [-0.4, -0.2) is 49.6 Å². The Hall–Kier alpha value is -3.12. The average molecular weight is 420 g/mol. The molecular weight excluding hydrogens is 390 g/mol. The lowest BCUT2D eigenvalue weighted by Crippen LogP contribution is -2.40. The molecule has 0 saturated carbocycles. The number of hydrogen-bond acceptors (Lipinski definition) is 5. The number of likely N-dealkylation sites (tertiary alicyclic amines) is 1. The summed E-state index contributed by atoms with van der Waals surface area (Å²) in [4.78, 5) is 19.8. The quantitative estimate of drug-likeness (QED) is 0.629. The van der Waals surface area contributed by atoms with Crippen molar-refractivity contribution in [3.63, 3.8) is 0 Å². The molecular formula is C25H29N3O3. The highest BCUT2D eigenvalue weighted by molar-refractivity contribution is 5.97. The van der Waals surface area contributed by atoms with Crippen molar-refractivity contribution >= 4 is 16.8 Å². The smallest absolute Gasteiger partial charge is 0.255 e. The first kappa shape index (κ1) is 21.1. The molecule has 31 heavy (non-hydrogen) atoms. The van der Waals surface area contributed by atoms with E-state index in [4.69, 9.17) is 9.47 Å². The summed E-state index contributed by atoms with van der Waals surface area (Å²) in [5, 5.41) is 4.27. The summed E-state index contributed by atoms with van der Waals surface area (Å²) in [5.41, 5.74) is 2.82. The molecule has 1 saturated heterocycles. The van der Waals surface area contributed by atoms with Gasteiger partial charge in [0.25, 0.3) is 5.91 Å². The summed E-state index contributed by atoms with van der Waals surface area (Å²) < 4.78 is 10.7. The molecule has 2 heterocycles. The Labute approximate surface area is 183 Å². The minimum atomic E-state index is -0.133. The molecule has 1 aromatic heterocycles. The molecule has 1 aliphatic heterocycles. The van der Waals surface area contributed by atoms with Crippen molar-refractivity contribution in [3.8, 4) is 11.5 Å². The monoisotopic (exact) mass is 419 g/mol. The van der Waals surface area contributed by atoms with E-state index in [1.54, 1.807) is 32.4 Å². The minimum Gasteiger partial charge on any atom is -0.493 e. The molecule has 3 aromatic rings. The maximum absolute atomic E-state index is 12.8. The fraction of sp³-hybridized carbons (Fsp3) is 0.360. The summed E-state index contributed by atoms with van der Waals surface area (Å²) >= 11 is 0. The van der Waals surface area contributed by atoms with Crippen LogP contribution in [0.2, 0.25) is 0 Å². The van der Waals surface area contributed by atoms with Gasteiger partial charge in [0, 0.05) is 31.2 Å². The van der Waals surface area contributed by atoms with Crippen LogP contribution in [0.5, 0.6) is 11.5 Å². The van der Waals surface area contributed by atoms with E-state index >= 15 is 0 Å². The molecule has 4 rings (SSSR count). The minimum absolute atomic E-state index is 0.133. The highest BCUT2D eigenvalue weighted by Crippen LogP contribution is 2.30. The number of para-hydroxylation sites is 2. The molecule has 0 aliphatic carbocycles. The molecule has 6 heteroatoms. The molecule has 2 aromatic carbocycles. The van der Waals surface area contributed by atoms with Gasteiger partial charge in [-0.2, -0.15) is 0 Å². The van der Waals surface area contributed by atoms with E-state index in [2.05, 4.69) is 39.5 Å². The van der Waals surface area contributed by atoms with Crippen LogP contribution in [0.25, 0.3) is 10.9 Å². The Kier molecular flexibility index (Phi) is 6.67. The second-order valence-electron chi connectivity index (χ2n) is 7.99. The van der Waals surface area contributed by atoms with Gasteiger partial charge < -0.3 is 14.8 Å². The van der Waals surface area contributed by atoms with Gasteiger partial charge in [-0.3, -0.25) is 14.7 Å². The maximum Gasteiger partial charge on any atom is 0.255 e. The third-order valence-corrected chi connectivity index (χ3v) is 5.91. The molecule has 1 atom stereocenters. The van der Waals surface area contributed by atoms with Crippen molar-refractivity contribution in [2.75, 3.05) is 33.9 Å². The Bertz CT molecular complexity index is 1050. The maximum atomic E-state index is 12.8. The molecule has 1 amide bonds. The number of carbonyl (C=O) groups excluding carboxylic acids is 1. The van der Waals surface area contributed by atoms with Gasteiger partial charge in [-0.15, -0.1) is 0 Å². The number of ether oxygens (including phenoxy) is 2. The molecule has 1 fully saturated rings. The fourth-order valence-electron chi connectivity index (χ4n) is 4.40. The Morgan fingerprint density at radius 3 is 2.81 bits per heavy atom. The van der Waals surface area contributed by atoms with Crippen LogP contribution in [0.3, 0.4) is 0 Å². The van der Waals surface area contributed by atoms with Gasteiger partial charge in [0.1, 0.15) is 0 Å². The third-order valence-electron chi connectivity index (χ3n) is 5.91. The van der Waals surface area contributed by atoms with Crippen LogP contribution in [0, 0.1) is 5.92 Å². The van der Waals surface area contributed by atoms with Gasteiger partial charge in [0.15, 0.2) is 11.5 Å². The Morgan fingerprint density at radius 2 is 1.97 bits per heavy atom. The molecule has 0 spiro atoms.